The first-order chi connectivity index (χ1) is 8.75. The summed E-state index contributed by atoms with van der Waals surface area (Å²) < 4.78 is 5.18. The van der Waals surface area contributed by atoms with E-state index in [1.807, 2.05) is 0 Å². The maximum atomic E-state index is 11.0. The molecule has 0 aromatic carbocycles. The highest BCUT2D eigenvalue weighted by atomic mass is 16.5. The number of carboxylic acids is 1. The molecule has 0 radical (unpaired) electrons. The van der Waals surface area contributed by atoms with E-state index in [0.717, 1.165) is 0 Å². The van der Waals surface area contributed by atoms with Crippen molar-refractivity contribution in [1.29, 1.82) is 0 Å². The molecule has 2 aromatic heterocycles. The molecule has 3 N–H and O–H groups in total. The summed E-state index contributed by atoms with van der Waals surface area (Å²) in [6.45, 7) is 0.556. The van der Waals surface area contributed by atoms with Crippen LogP contribution in [0.3, 0.4) is 0 Å². The number of nitrogens with zero attached hydrogens (tertiary/aromatic N) is 3. The largest absolute Gasteiger partial charge is 0.481 e. The smallest absolute Gasteiger partial charge is 0.311 e. The minimum Gasteiger partial charge on any atom is -0.481 e. The number of imidazole rings is 1. The van der Waals surface area contributed by atoms with Crippen molar-refractivity contribution in [3.05, 3.63) is 12.7 Å². The van der Waals surface area contributed by atoms with E-state index in [2.05, 4.69) is 25.3 Å². The molecule has 2 atom stereocenters. The van der Waals surface area contributed by atoms with Gasteiger partial charge in [0.15, 0.2) is 11.5 Å². The number of rotatable bonds is 3. The SMILES string of the molecule is O=C(O)C1COCC1Nc1ncnc2nc[nH]c12. The molecule has 1 aliphatic heterocycles. The summed E-state index contributed by atoms with van der Waals surface area (Å²) in [7, 11) is 0. The number of aromatic nitrogens is 4. The molecule has 3 rings (SSSR count). The fourth-order valence-corrected chi connectivity index (χ4v) is 1.99. The van der Waals surface area contributed by atoms with Crippen LogP contribution in [0.15, 0.2) is 12.7 Å². The maximum Gasteiger partial charge on any atom is 0.311 e. The Morgan fingerprint density at radius 1 is 1.44 bits per heavy atom. The molecule has 0 aliphatic carbocycles. The van der Waals surface area contributed by atoms with Crippen LogP contribution in [-0.2, 0) is 9.53 Å². The summed E-state index contributed by atoms with van der Waals surface area (Å²) in [5.74, 6) is -0.905. The number of aliphatic carboxylic acids is 1. The summed E-state index contributed by atoms with van der Waals surface area (Å²) in [4.78, 5) is 26.1. The third-order valence-corrected chi connectivity index (χ3v) is 2.94. The van der Waals surface area contributed by atoms with Crippen molar-refractivity contribution in [3.8, 4) is 0 Å². The Labute approximate surface area is 101 Å². The first-order valence-electron chi connectivity index (χ1n) is 5.47. The van der Waals surface area contributed by atoms with Gasteiger partial charge in [-0.15, -0.1) is 0 Å². The van der Waals surface area contributed by atoms with Gasteiger partial charge in [0.05, 0.1) is 25.6 Å². The Bertz CT molecular complexity index is 584. The molecule has 0 saturated carbocycles. The lowest BCUT2D eigenvalue weighted by Crippen LogP contribution is -2.33. The third-order valence-electron chi connectivity index (χ3n) is 2.94. The second-order valence-electron chi connectivity index (χ2n) is 4.06. The maximum absolute atomic E-state index is 11.0. The highest BCUT2D eigenvalue weighted by Gasteiger charge is 2.34. The van der Waals surface area contributed by atoms with Crippen molar-refractivity contribution >= 4 is 23.0 Å². The van der Waals surface area contributed by atoms with Gasteiger partial charge in [0.25, 0.3) is 0 Å². The summed E-state index contributed by atoms with van der Waals surface area (Å²) in [6, 6.07) is -0.302. The molecule has 8 nitrogen and oxygen atoms in total. The topological polar surface area (TPSA) is 113 Å². The van der Waals surface area contributed by atoms with Gasteiger partial charge in [0, 0.05) is 0 Å². The molecule has 0 bridgehead atoms. The summed E-state index contributed by atoms with van der Waals surface area (Å²) in [5, 5.41) is 12.1. The second kappa shape index (κ2) is 4.22. The van der Waals surface area contributed by atoms with Gasteiger partial charge in [-0.2, -0.15) is 0 Å². The average molecular weight is 249 g/mol. The van der Waals surface area contributed by atoms with Crippen LogP contribution < -0.4 is 5.32 Å². The van der Waals surface area contributed by atoms with Crippen LogP contribution in [-0.4, -0.2) is 50.3 Å². The average Bonchev–Trinajstić information content (AvgIpc) is 2.96. The molecule has 0 spiro atoms. The van der Waals surface area contributed by atoms with Crippen molar-refractivity contribution in [2.75, 3.05) is 18.5 Å². The predicted molar refractivity (Wildman–Crippen MR) is 61.0 cm³/mol. The number of aromatic amines is 1. The van der Waals surface area contributed by atoms with Crippen molar-refractivity contribution in [2.45, 2.75) is 6.04 Å². The van der Waals surface area contributed by atoms with E-state index < -0.39 is 11.9 Å². The van der Waals surface area contributed by atoms with Crippen LogP contribution in [0.5, 0.6) is 0 Å². The van der Waals surface area contributed by atoms with Gasteiger partial charge in [-0.25, -0.2) is 15.0 Å². The van der Waals surface area contributed by atoms with Crippen molar-refractivity contribution in [1.82, 2.24) is 19.9 Å². The van der Waals surface area contributed by atoms with Gasteiger partial charge in [-0.1, -0.05) is 0 Å². The number of ether oxygens (including phenoxy) is 1. The summed E-state index contributed by atoms with van der Waals surface area (Å²) in [6.07, 6.45) is 2.90. The monoisotopic (exact) mass is 249 g/mol. The molecule has 8 heteroatoms. The van der Waals surface area contributed by atoms with Crippen LogP contribution >= 0.6 is 0 Å². The Morgan fingerprint density at radius 2 is 2.33 bits per heavy atom. The van der Waals surface area contributed by atoms with Crippen LogP contribution in [0.1, 0.15) is 0 Å². The van der Waals surface area contributed by atoms with E-state index in [1.54, 1.807) is 0 Å². The van der Waals surface area contributed by atoms with Gasteiger partial charge in [-0.05, 0) is 0 Å². The predicted octanol–water partition coefficient (Wildman–Crippen LogP) is -0.136. The van der Waals surface area contributed by atoms with E-state index in [0.29, 0.717) is 23.6 Å². The first kappa shape index (κ1) is 10.9. The molecular weight excluding hydrogens is 238 g/mol. The number of hydrogen-bond acceptors (Lipinski definition) is 6. The zero-order valence-electron chi connectivity index (χ0n) is 9.33. The minimum absolute atomic E-state index is 0.213. The van der Waals surface area contributed by atoms with Gasteiger partial charge < -0.3 is 20.1 Å². The van der Waals surface area contributed by atoms with E-state index >= 15 is 0 Å². The fourth-order valence-electron chi connectivity index (χ4n) is 1.99. The van der Waals surface area contributed by atoms with E-state index in [1.165, 1.54) is 12.7 Å². The highest BCUT2D eigenvalue weighted by molar-refractivity contribution is 5.82. The summed E-state index contributed by atoms with van der Waals surface area (Å²) in [5.41, 5.74) is 1.20. The molecule has 2 aromatic rings. The van der Waals surface area contributed by atoms with Crippen molar-refractivity contribution < 1.29 is 14.6 Å². The molecule has 3 heterocycles. The summed E-state index contributed by atoms with van der Waals surface area (Å²) >= 11 is 0. The lowest BCUT2D eigenvalue weighted by Gasteiger charge is -2.16. The molecule has 2 unspecified atom stereocenters. The third kappa shape index (κ3) is 1.76. The fraction of sp³-hybridized carbons (Fsp3) is 0.400. The van der Waals surface area contributed by atoms with Crippen LogP contribution in [0.25, 0.3) is 11.2 Å². The number of carboxylic acid groups (broad SMARTS) is 1. The van der Waals surface area contributed by atoms with Crippen molar-refractivity contribution in [3.63, 3.8) is 0 Å². The standard InChI is InChI=1S/C10H11N5O3/c16-10(17)5-1-18-2-6(5)15-9-7-8(12-3-11-7)13-4-14-9/h3-6H,1-2H2,(H,16,17)(H2,11,12,13,14,15). The lowest BCUT2D eigenvalue weighted by atomic mass is 10.0. The molecule has 1 fully saturated rings. The number of hydrogen-bond donors (Lipinski definition) is 3. The zero-order valence-corrected chi connectivity index (χ0v) is 9.33. The Morgan fingerprint density at radius 3 is 3.17 bits per heavy atom. The molecule has 94 valence electrons. The quantitative estimate of drug-likeness (QED) is 0.694. The Hall–Kier alpha value is -2.22. The van der Waals surface area contributed by atoms with Crippen LogP contribution in [0, 0.1) is 5.92 Å². The number of carbonyl (C=O) groups is 1. The van der Waals surface area contributed by atoms with Gasteiger partial charge in [0.1, 0.15) is 17.8 Å². The van der Waals surface area contributed by atoms with E-state index in [-0.39, 0.29) is 12.6 Å². The number of H-pyrrole nitrogens is 1. The van der Waals surface area contributed by atoms with Gasteiger partial charge >= 0.3 is 5.97 Å². The zero-order chi connectivity index (χ0) is 12.5. The minimum atomic E-state index is -0.875. The molecule has 0 amide bonds. The Kier molecular flexibility index (Phi) is 2.56. The molecular formula is C10H11N5O3. The highest BCUT2D eigenvalue weighted by Crippen LogP contribution is 2.21. The molecule has 1 saturated heterocycles. The van der Waals surface area contributed by atoms with E-state index in [9.17, 15) is 4.79 Å². The van der Waals surface area contributed by atoms with Crippen molar-refractivity contribution in [2.24, 2.45) is 5.92 Å². The molecule has 1 aliphatic rings. The normalized spacial score (nSPS) is 23.3. The number of anilines is 1. The van der Waals surface area contributed by atoms with E-state index in [4.69, 9.17) is 9.84 Å². The molecule has 18 heavy (non-hydrogen) atoms. The first-order valence-corrected chi connectivity index (χ1v) is 5.47. The number of fused-ring (bicyclic) bond motifs is 1. The van der Waals surface area contributed by atoms with Gasteiger partial charge in [0.2, 0.25) is 0 Å². The lowest BCUT2D eigenvalue weighted by molar-refractivity contribution is -0.141. The number of nitrogens with one attached hydrogen (secondary N) is 2. The van der Waals surface area contributed by atoms with Gasteiger partial charge in [-0.3, -0.25) is 4.79 Å². The van der Waals surface area contributed by atoms with Crippen LogP contribution in [0.4, 0.5) is 5.82 Å². The second-order valence-corrected chi connectivity index (χ2v) is 4.06. The van der Waals surface area contributed by atoms with Crippen LogP contribution in [0.2, 0.25) is 0 Å². The Balaban J connectivity index is 1.88.